The Morgan fingerprint density at radius 1 is 1.33 bits per heavy atom. The number of nitriles is 1. The van der Waals surface area contributed by atoms with Crippen LogP contribution in [0.3, 0.4) is 0 Å². The maximum absolute atomic E-state index is 9.18. The lowest BCUT2D eigenvalue weighted by molar-refractivity contribution is 0.0237. The zero-order valence-corrected chi connectivity index (χ0v) is 13.9. The lowest BCUT2D eigenvalue weighted by Gasteiger charge is -2.22. The van der Waals surface area contributed by atoms with Crippen molar-refractivity contribution in [3.8, 4) is 11.9 Å². The summed E-state index contributed by atoms with van der Waals surface area (Å²) < 4.78 is 11.3. The second kappa shape index (κ2) is 8.00. The fourth-order valence-electron chi connectivity index (χ4n) is 2.58. The molecule has 0 radical (unpaired) electrons. The van der Waals surface area contributed by atoms with E-state index in [0.29, 0.717) is 28.7 Å². The zero-order chi connectivity index (χ0) is 16.8. The number of ether oxygens (including phenoxy) is 2. The van der Waals surface area contributed by atoms with Crippen molar-refractivity contribution >= 4 is 17.3 Å². The molecule has 0 atom stereocenters. The van der Waals surface area contributed by atoms with Gasteiger partial charge in [-0.3, -0.25) is 0 Å². The monoisotopic (exact) mass is 343 g/mol. The highest BCUT2D eigenvalue weighted by Crippen LogP contribution is 2.26. The molecule has 124 valence electrons. The first kappa shape index (κ1) is 16.6. The number of nitrogens with zero attached hydrogens (tertiary/aromatic N) is 2. The molecule has 0 amide bonds. The van der Waals surface area contributed by atoms with E-state index in [9.17, 15) is 5.26 Å². The van der Waals surface area contributed by atoms with Gasteiger partial charge < -0.3 is 14.8 Å². The van der Waals surface area contributed by atoms with Crippen molar-refractivity contribution in [3.63, 3.8) is 0 Å². The van der Waals surface area contributed by atoms with E-state index in [-0.39, 0.29) is 6.10 Å². The molecule has 1 N–H and O–H groups in total. The highest BCUT2D eigenvalue weighted by Gasteiger charge is 2.16. The molecular formula is C18H18ClN3O2. The van der Waals surface area contributed by atoms with Crippen LogP contribution in [0.25, 0.3) is 0 Å². The third-order valence-electron chi connectivity index (χ3n) is 3.86. The molecule has 0 spiro atoms. The number of benzene rings is 1. The smallest absolute Gasteiger partial charge is 0.213 e. The summed E-state index contributed by atoms with van der Waals surface area (Å²) in [6, 6.07) is 11.2. The zero-order valence-electron chi connectivity index (χ0n) is 13.2. The molecule has 3 rings (SSSR count). The molecule has 6 heteroatoms. The molecule has 24 heavy (non-hydrogen) atoms. The number of hydrogen-bond acceptors (Lipinski definition) is 5. The van der Waals surface area contributed by atoms with Crippen molar-refractivity contribution in [2.24, 2.45) is 0 Å². The number of rotatable bonds is 5. The van der Waals surface area contributed by atoms with E-state index in [0.717, 1.165) is 31.6 Å². The quantitative estimate of drug-likeness (QED) is 0.894. The molecule has 5 nitrogen and oxygen atoms in total. The van der Waals surface area contributed by atoms with Gasteiger partial charge in [0.05, 0.1) is 29.5 Å². The molecule has 1 aliphatic rings. The molecule has 2 heterocycles. The first-order chi connectivity index (χ1) is 11.8. The molecule has 1 fully saturated rings. The van der Waals surface area contributed by atoms with E-state index in [1.54, 1.807) is 24.4 Å². The summed E-state index contributed by atoms with van der Waals surface area (Å²) in [5.41, 5.74) is 2.18. The minimum Gasteiger partial charge on any atom is -0.474 e. The molecule has 0 aliphatic carbocycles. The third kappa shape index (κ3) is 4.16. The van der Waals surface area contributed by atoms with Gasteiger partial charge in [-0.15, -0.1) is 0 Å². The molecule has 1 aromatic carbocycles. The summed E-state index contributed by atoms with van der Waals surface area (Å²) in [5.74, 6) is 0.612. The van der Waals surface area contributed by atoms with Crippen molar-refractivity contribution in [3.05, 3.63) is 52.7 Å². The van der Waals surface area contributed by atoms with Crippen LogP contribution in [0.4, 0.5) is 5.69 Å². The molecule has 2 aromatic rings. The predicted molar refractivity (Wildman–Crippen MR) is 92.2 cm³/mol. The van der Waals surface area contributed by atoms with Crippen LogP contribution in [0, 0.1) is 11.3 Å². The lowest BCUT2D eigenvalue weighted by Crippen LogP contribution is -2.26. The van der Waals surface area contributed by atoms with Gasteiger partial charge in [-0.1, -0.05) is 17.7 Å². The highest BCUT2D eigenvalue weighted by atomic mass is 35.5. The second-order valence-electron chi connectivity index (χ2n) is 5.56. The first-order valence-corrected chi connectivity index (χ1v) is 8.26. The standard InChI is InChI=1S/C18H18ClN3O2/c19-16-3-1-2-14(11-20)18(16)22-12-13-4-7-21-17(10-13)24-15-5-8-23-9-6-15/h1-4,7,10,15,22H,5-6,8-9,12H2. The van der Waals surface area contributed by atoms with E-state index >= 15 is 0 Å². The minimum absolute atomic E-state index is 0.156. The highest BCUT2D eigenvalue weighted by molar-refractivity contribution is 6.33. The fraction of sp³-hybridized carbons (Fsp3) is 0.333. The van der Waals surface area contributed by atoms with E-state index in [1.807, 2.05) is 12.1 Å². The molecule has 1 aliphatic heterocycles. The molecule has 1 saturated heterocycles. The number of pyridine rings is 1. The van der Waals surface area contributed by atoms with E-state index in [2.05, 4.69) is 16.4 Å². The number of nitrogens with one attached hydrogen (secondary N) is 1. The number of halogens is 1. The molecule has 0 unspecified atom stereocenters. The first-order valence-electron chi connectivity index (χ1n) is 7.88. The molecule has 1 aromatic heterocycles. The number of aromatic nitrogens is 1. The van der Waals surface area contributed by atoms with Crippen LogP contribution in [0.1, 0.15) is 24.0 Å². The summed E-state index contributed by atoms with van der Waals surface area (Å²) in [4.78, 5) is 4.27. The summed E-state index contributed by atoms with van der Waals surface area (Å²) in [5, 5.41) is 12.9. The Bertz CT molecular complexity index is 739. The maximum atomic E-state index is 9.18. The summed E-state index contributed by atoms with van der Waals surface area (Å²) in [7, 11) is 0. The SMILES string of the molecule is N#Cc1cccc(Cl)c1NCc1ccnc(OC2CCOCC2)c1. The van der Waals surface area contributed by atoms with Gasteiger partial charge in [0.2, 0.25) is 5.88 Å². The Morgan fingerprint density at radius 3 is 2.96 bits per heavy atom. The van der Waals surface area contributed by atoms with Gasteiger partial charge >= 0.3 is 0 Å². The third-order valence-corrected chi connectivity index (χ3v) is 4.17. The van der Waals surface area contributed by atoms with Crippen molar-refractivity contribution in [1.82, 2.24) is 4.98 Å². The van der Waals surface area contributed by atoms with Gasteiger partial charge in [0.1, 0.15) is 12.2 Å². The minimum atomic E-state index is 0.156. The lowest BCUT2D eigenvalue weighted by atomic mass is 10.1. The van der Waals surface area contributed by atoms with Crippen molar-refractivity contribution in [2.75, 3.05) is 18.5 Å². The predicted octanol–water partition coefficient (Wildman–Crippen LogP) is 3.78. The van der Waals surface area contributed by atoms with E-state index in [1.165, 1.54) is 0 Å². The number of hydrogen-bond donors (Lipinski definition) is 1. The maximum Gasteiger partial charge on any atom is 0.213 e. The Kier molecular flexibility index (Phi) is 5.52. The largest absolute Gasteiger partial charge is 0.474 e. The Hall–Kier alpha value is -2.29. The molecular weight excluding hydrogens is 326 g/mol. The molecule has 0 bridgehead atoms. The Labute approximate surface area is 146 Å². The number of anilines is 1. The van der Waals surface area contributed by atoms with Crippen LogP contribution in [0.15, 0.2) is 36.5 Å². The van der Waals surface area contributed by atoms with Crippen molar-refractivity contribution in [1.29, 1.82) is 5.26 Å². The number of para-hydroxylation sites is 1. The van der Waals surface area contributed by atoms with E-state index < -0.39 is 0 Å². The van der Waals surface area contributed by atoms with Gasteiger partial charge in [-0.05, 0) is 23.8 Å². The Balaban J connectivity index is 1.66. The van der Waals surface area contributed by atoms with Crippen LogP contribution >= 0.6 is 11.6 Å². The van der Waals surface area contributed by atoms with Crippen molar-refractivity contribution < 1.29 is 9.47 Å². The normalized spacial score (nSPS) is 14.8. The second-order valence-corrected chi connectivity index (χ2v) is 5.97. The van der Waals surface area contributed by atoms with E-state index in [4.69, 9.17) is 21.1 Å². The average molecular weight is 344 g/mol. The van der Waals surface area contributed by atoms with Gasteiger partial charge in [-0.2, -0.15) is 5.26 Å². The average Bonchev–Trinajstić information content (AvgIpc) is 2.61. The summed E-state index contributed by atoms with van der Waals surface area (Å²) in [6.45, 7) is 2.00. The van der Waals surface area contributed by atoms with Crippen LogP contribution < -0.4 is 10.1 Å². The van der Waals surface area contributed by atoms with Gasteiger partial charge in [-0.25, -0.2) is 4.98 Å². The summed E-state index contributed by atoms with van der Waals surface area (Å²) >= 11 is 6.17. The Morgan fingerprint density at radius 2 is 2.17 bits per heavy atom. The van der Waals surface area contributed by atoms with Crippen molar-refractivity contribution in [2.45, 2.75) is 25.5 Å². The van der Waals surface area contributed by atoms with Gasteiger partial charge in [0, 0.05) is 31.6 Å². The van der Waals surface area contributed by atoms with Gasteiger partial charge in [0.25, 0.3) is 0 Å². The van der Waals surface area contributed by atoms with Crippen LogP contribution in [-0.4, -0.2) is 24.3 Å². The molecule has 0 saturated carbocycles. The fourth-order valence-corrected chi connectivity index (χ4v) is 2.82. The van der Waals surface area contributed by atoms with Crippen LogP contribution in [0.5, 0.6) is 5.88 Å². The van der Waals surface area contributed by atoms with Crippen LogP contribution in [0.2, 0.25) is 5.02 Å². The summed E-state index contributed by atoms with van der Waals surface area (Å²) in [6.07, 6.45) is 3.65. The topological polar surface area (TPSA) is 67.2 Å². The van der Waals surface area contributed by atoms with Crippen LogP contribution in [-0.2, 0) is 11.3 Å². The van der Waals surface area contributed by atoms with Gasteiger partial charge in [0.15, 0.2) is 0 Å².